The van der Waals surface area contributed by atoms with Gasteiger partial charge < -0.3 is 58.7 Å². The van der Waals surface area contributed by atoms with Crippen molar-refractivity contribution in [3.05, 3.63) is 0 Å². The lowest BCUT2D eigenvalue weighted by atomic mass is 9.99. The fraction of sp³-hybridized carbons (Fsp3) is 0.889. The molecule has 0 aliphatic carbocycles. The SMILES string of the molecule is O=C([O-])[C@@H](COP(=O)([O-])[O-])O[C@H]1O[C@H](CO)[C@@H](O)[C@H](O)[C@H]1O. The number of phosphoric ester groups is 1. The van der Waals surface area contributed by atoms with E-state index in [1.165, 1.54) is 0 Å². The topological polar surface area (TPSA) is 212 Å². The third kappa shape index (κ3) is 5.21. The van der Waals surface area contributed by atoms with Crippen LogP contribution in [0.3, 0.4) is 0 Å². The summed E-state index contributed by atoms with van der Waals surface area (Å²) < 4.78 is 23.5. The van der Waals surface area contributed by atoms with Crippen molar-refractivity contribution in [1.82, 2.24) is 0 Å². The van der Waals surface area contributed by atoms with E-state index in [0.29, 0.717) is 0 Å². The van der Waals surface area contributed by atoms with Gasteiger partial charge in [0.15, 0.2) is 6.29 Å². The van der Waals surface area contributed by atoms with Crippen molar-refractivity contribution in [3.8, 4) is 0 Å². The zero-order chi connectivity index (χ0) is 17.1. The average Bonchev–Trinajstić information content (AvgIpc) is 2.41. The van der Waals surface area contributed by atoms with Crippen LogP contribution in [-0.4, -0.2) is 76.4 Å². The van der Waals surface area contributed by atoms with Gasteiger partial charge in [-0.15, -0.1) is 0 Å². The Bertz CT molecular complexity index is 421. The Balaban J connectivity index is 2.75. The first-order chi connectivity index (χ1) is 10.1. The van der Waals surface area contributed by atoms with Gasteiger partial charge in [-0.2, -0.15) is 0 Å². The number of aliphatic hydroxyl groups is 4. The molecule has 1 aliphatic heterocycles. The third-order valence-corrected chi connectivity index (χ3v) is 3.26. The Morgan fingerprint density at radius 1 is 1.23 bits per heavy atom. The second-order valence-electron chi connectivity index (χ2n) is 4.38. The number of carbonyl (C=O) groups excluding carboxylic acids is 1. The van der Waals surface area contributed by atoms with E-state index in [1.54, 1.807) is 0 Å². The minimum Gasteiger partial charge on any atom is -0.790 e. The molecule has 0 bridgehead atoms. The van der Waals surface area contributed by atoms with Crippen LogP contribution >= 0.6 is 7.82 Å². The Kier molecular flexibility index (Phi) is 6.83. The molecule has 1 aliphatic rings. The van der Waals surface area contributed by atoms with Crippen LogP contribution in [0.5, 0.6) is 0 Å². The summed E-state index contributed by atoms with van der Waals surface area (Å²) in [6, 6.07) is 0. The molecular formula is C9H14O12P-3. The van der Waals surface area contributed by atoms with Gasteiger partial charge in [0.25, 0.3) is 0 Å². The van der Waals surface area contributed by atoms with E-state index in [-0.39, 0.29) is 0 Å². The predicted molar refractivity (Wildman–Crippen MR) is 57.2 cm³/mol. The molecule has 4 N–H and O–H groups in total. The largest absolute Gasteiger partial charge is 0.790 e. The predicted octanol–water partition coefficient (Wildman–Crippen LogP) is -6.23. The van der Waals surface area contributed by atoms with Crippen molar-refractivity contribution in [2.75, 3.05) is 13.2 Å². The molecule has 13 heteroatoms. The molecule has 0 aromatic rings. The number of hydrogen-bond donors (Lipinski definition) is 4. The second kappa shape index (κ2) is 7.75. The highest BCUT2D eigenvalue weighted by Crippen LogP contribution is 2.26. The fourth-order valence-corrected chi connectivity index (χ4v) is 1.98. The number of aliphatic carboxylic acids is 1. The molecule has 1 rings (SSSR count). The number of ether oxygens (including phenoxy) is 2. The highest BCUT2D eigenvalue weighted by Gasteiger charge is 2.44. The minimum absolute atomic E-state index is 0.784. The zero-order valence-electron chi connectivity index (χ0n) is 10.9. The van der Waals surface area contributed by atoms with E-state index >= 15 is 0 Å². The smallest absolute Gasteiger partial charge is 0.187 e. The summed E-state index contributed by atoms with van der Waals surface area (Å²) in [5.74, 6) is -1.98. The van der Waals surface area contributed by atoms with E-state index in [1.807, 2.05) is 0 Å². The lowest BCUT2D eigenvalue weighted by molar-refractivity contribution is -0.354. The molecule has 0 aromatic heterocycles. The van der Waals surface area contributed by atoms with Crippen LogP contribution in [0.15, 0.2) is 0 Å². The molecule has 12 nitrogen and oxygen atoms in total. The number of phosphoric acid groups is 1. The Hall–Kier alpha value is -0.660. The third-order valence-electron chi connectivity index (χ3n) is 2.79. The van der Waals surface area contributed by atoms with Gasteiger partial charge in [-0.25, -0.2) is 0 Å². The summed E-state index contributed by atoms with van der Waals surface area (Å²) in [7, 11) is -5.47. The second-order valence-corrected chi connectivity index (χ2v) is 5.54. The molecule has 0 aromatic carbocycles. The maximum atomic E-state index is 10.8. The van der Waals surface area contributed by atoms with Crippen LogP contribution in [-0.2, 0) is 23.4 Å². The summed E-state index contributed by atoms with van der Waals surface area (Å²) in [5.41, 5.74) is 0. The molecule has 0 saturated carbocycles. The Morgan fingerprint density at radius 2 is 1.82 bits per heavy atom. The van der Waals surface area contributed by atoms with Crippen molar-refractivity contribution in [3.63, 3.8) is 0 Å². The summed E-state index contributed by atoms with van der Waals surface area (Å²) in [6.07, 6.45) is -10.8. The normalized spacial score (nSPS) is 34.4. The van der Waals surface area contributed by atoms with Gasteiger partial charge >= 0.3 is 0 Å². The summed E-state index contributed by atoms with van der Waals surface area (Å²) >= 11 is 0. The van der Waals surface area contributed by atoms with Crippen LogP contribution in [0, 0.1) is 0 Å². The maximum Gasteiger partial charge on any atom is 0.187 e. The summed E-state index contributed by atoms with van der Waals surface area (Å²) in [6.45, 7) is -2.03. The van der Waals surface area contributed by atoms with E-state index < -0.39 is 63.8 Å². The molecule has 1 heterocycles. The first kappa shape index (κ1) is 19.4. The lowest BCUT2D eigenvalue weighted by Crippen LogP contribution is -2.60. The Labute approximate surface area is 123 Å². The highest BCUT2D eigenvalue weighted by molar-refractivity contribution is 7.43. The molecule has 0 amide bonds. The van der Waals surface area contributed by atoms with Gasteiger partial charge in [-0.05, 0) is 0 Å². The van der Waals surface area contributed by atoms with E-state index in [4.69, 9.17) is 9.84 Å². The van der Waals surface area contributed by atoms with Crippen molar-refractivity contribution in [2.24, 2.45) is 0 Å². The first-order valence-electron chi connectivity index (χ1n) is 5.90. The lowest BCUT2D eigenvalue weighted by Gasteiger charge is -2.41. The number of rotatable bonds is 7. The van der Waals surface area contributed by atoms with Gasteiger partial charge in [0.1, 0.15) is 30.5 Å². The fourth-order valence-electron chi connectivity index (χ4n) is 1.66. The van der Waals surface area contributed by atoms with Crippen LogP contribution < -0.4 is 14.9 Å². The maximum absolute atomic E-state index is 10.8. The van der Waals surface area contributed by atoms with Crippen LogP contribution in [0.4, 0.5) is 0 Å². The van der Waals surface area contributed by atoms with Crippen molar-refractivity contribution < 1.29 is 58.7 Å². The Morgan fingerprint density at radius 3 is 2.27 bits per heavy atom. The standard InChI is InChI=1S/C9H17O12P/c10-1-3-5(11)6(12)7(13)9(20-3)21-4(8(14)15)2-19-22(16,17)18/h3-7,9-13H,1-2H2,(H,14,15)(H2,16,17,18)/p-3/t3-,4-,5-,6+,7-,9-/m1/s1. The van der Waals surface area contributed by atoms with Gasteiger partial charge in [-0.1, -0.05) is 0 Å². The van der Waals surface area contributed by atoms with Gasteiger partial charge in [-0.3, -0.25) is 0 Å². The van der Waals surface area contributed by atoms with Crippen LogP contribution in [0.25, 0.3) is 0 Å². The first-order valence-corrected chi connectivity index (χ1v) is 7.36. The van der Waals surface area contributed by atoms with E-state index in [9.17, 15) is 39.6 Å². The minimum atomic E-state index is -5.47. The van der Waals surface area contributed by atoms with Crippen molar-refractivity contribution in [1.29, 1.82) is 0 Å². The molecule has 0 unspecified atom stereocenters. The number of carbonyl (C=O) groups is 1. The van der Waals surface area contributed by atoms with E-state index in [2.05, 4.69) is 9.26 Å². The summed E-state index contributed by atoms with van der Waals surface area (Å²) in [4.78, 5) is 31.4. The van der Waals surface area contributed by atoms with Crippen molar-refractivity contribution in [2.45, 2.75) is 36.8 Å². The van der Waals surface area contributed by atoms with Gasteiger partial charge in [0, 0.05) is 0 Å². The van der Waals surface area contributed by atoms with E-state index in [0.717, 1.165) is 0 Å². The molecule has 1 fully saturated rings. The zero-order valence-corrected chi connectivity index (χ0v) is 11.8. The molecule has 0 radical (unpaired) electrons. The summed E-state index contributed by atoms with van der Waals surface area (Å²) in [5, 5.41) is 48.3. The molecule has 1 saturated heterocycles. The van der Waals surface area contributed by atoms with Crippen molar-refractivity contribution >= 4 is 13.8 Å². The number of hydrogen-bond acceptors (Lipinski definition) is 12. The molecule has 22 heavy (non-hydrogen) atoms. The molecule has 0 spiro atoms. The molecule has 6 atom stereocenters. The average molecular weight is 345 g/mol. The monoisotopic (exact) mass is 345 g/mol. The highest BCUT2D eigenvalue weighted by atomic mass is 31.2. The van der Waals surface area contributed by atoms with Gasteiger partial charge in [0.2, 0.25) is 0 Å². The number of carboxylic acid groups (broad SMARTS) is 1. The molecular weight excluding hydrogens is 331 g/mol. The number of carboxylic acids is 1. The quantitative estimate of drug-likeness (QED) is 0.317. The van der Waals surface area contributed by atoms with Gasteiger partial charge in [0.05, 0.1) is 27.0 Å². The van der Waals surface area contributed by atoms with Crippen LogP contribution in [0.2, 0.25) is 0 Å². The molecule has 130 valence electrons. The van der Waals surface area contributed by atoms with Crippen LogP contribution in [0.1, 0.15) is 0 Å². The number of aliphatic hydroxyl groups excluding tert-OH is 4.